The van der Waals surface area contributed by atoms with Crippen molar-refractivity contribution in [1.82, 2.24) is 9.88 Å². The van der Waals surface area contributed by atoms with E-state index in [0.29, 0.717) is 29.6 Å². The molecule has 0 spiro atoms. The molecule has 1 aliphatic heterocycles. The lowest BCUT2D eigenvalue weighted by molar-refractivity contribution is 0.00636. The molecule has 1 amide bonds. The molecule has 1 unspecified atom stereocenters. The average molecular weight is 373 g/mol. The van der Waals surface area contributed by atoms with E-state index in [-0.39, 0.29) is 12.0 Å². The van der Waals surface area contributed by atoms with Gasteiger partial charge in [-0.1, -0.05) is 36.2 Å². The molecule has 1 aromatic heterocycles. The molecule has 0 saturated heterocycles. The van der Waals surface area contributed by atoms with Crippen molar-refractivity contribution in [2.75, 3.05) is 0 Å². The molecule has 5 nitrogen and oxygen atoms in total. The highest BCUT2D eigenvalue weighted by molar-refractivity contribution is 6.29. The van der Waals surface area contributed by atoms with E-state index in [9.17, 15) is 9.90 Å². The van der Waals surface area contributed by atoms with Crippen molar-refractivity contribution < 1.29 is 14.6 Å². The number of hydrogen-bond donors (Lipinski definition) is 1. The molecule has 1 fully saturated rings. The van der Waals surface area contributed by atoms with E-state index in [2.05, 4.69) is 4.98 Å². The van der Waals surface area contributed by atoms with Gasteiger partial charge in [-0.15, -0.1) is 0 Å². The number of nitrogens with zero attached hydrogens (tertiary/aromatic N) is 2. The summed E-state index contributed by atoms with van der Waals surface area (Å²) in [5, 5.41) is 10.6. The van der Waals surface area contributed by atoms with Crippen LogP contribution in [0.2, 0.25) is 5.15 Å². The lowest BCUT2D eigenvalue weighted by Crippen LogP contribution is -2.35. The Morgan fingerprint density at radius 1 is 1.23 bits per heavy atom. The number of pyridine rings is 1. The van der Waals surface area contributed by atoms with Gasteiger partial charge in [0.05, 0.1) is 11.7 Å². The Kier molecular flexibility index (Phi) is 4.83. The second kappa shape index (κ2) is 7.25. The molecule has 0 radical (unpaired) electrons. The van der Waals surface area contributed by atoms with E-state index >= 15 is 0 Å². The van der Waals surface area contributed by atoms with Crippen molar-refractivity contribution in [1.29, 1.82) is 0 Å². The van der Waals surface area contributed by atoms with E-state index in [0.717, 1.165) is 36.8 Å². The minimum absolute atomic E-state index is 0.0455. The Morgan fingerprint density at radius 2 is 2.08 bits per heavy atom. The van der Waals surface area contributed by atoms with Crippen LogP contribution in [0.4, 0.5) is 0 Å². The first kappa shape index (κ1) is 17.3. The summed E-state index contributed by atoms with van der Waals surface area (Å²) in [5.74, 6) is 0.533. The van der Waals surface area contributed by atoms with Gasteiger partial charge in [-0.05, 0) is 42.5 Å². The first-order valence-corrected chi connectivity index (χ1v) is 9.36. The number of ether oxygens (including phenoxy) is 1. The van der Waals surface area contributed by atoms with Crippen LogP contribution in [-0.4, -0.2) is 33.1 Å². The van der Waals surface area contributed by atoms with Gasteiger partial charge in [0.25, 0.3) is 5.91 Å². The van der Waals surface area contributed by atoms with Crippen molar-refractivity contribution in [3.63, 3.8) is 0 Å². The number of aromatic nitrogens is 1. The Bertz CT molecular complexity index is 809. The molecule has 2 aromatic rings. The third kappa shape index (κ3) is 3.41. The van der Waals surface area contributed by atoms with Gasteiger partial charge in [-0.3, -0.25) is 4.79 Å². The zero-order chi connectivity index (χ0) is 18.1. The van der Waals surface area contributed by atoms with Crippen LogP contribution < -0.4 is 4.74 Å². The van der Waals surface area contributed by atoms with Crippen molar-refractivity contribution in [2.45, 2.75) is 51.0 Å². The minimum Gasteiger partial charge on any atom is -0.487 e. The van der Waals surface area contributed by atoms with Gasteiger partial charge in [0.15, 0.2) is 0 Å². The summed E-state index contributed by atoms with van der Waals surface area (Å²) < 4.78 is 6.07. The maximum atomic E-state index is 12.9. The number of amides is 1. The number of rotatable bonds is 4. The fourth-order valence-corrected chi connectivity index (χ4v) is 3.82. The number of aliphatic hydroxyl groups is 1. The molecule has 2 heterocycles. The molecule has 6 heteroatoms. The van der Waals surface area contributed by atoms with Crippen molar-refractivity contribution in [3.8, 4) is 5.75 Å². The summed E-state index contributed by atoms with van der Waals surface area (Å²) in [6, 6.07) is 9.29. The summed E-state index contributed by atoms with van der Waals surface area (Å²) in [4.78, 5) is 18.8. The number of hydrogen-bond acceptors (Lipinski definition) is 4. The van der Waals surface area contributed by atoms with E-state index in [1.165, 1.54) is 0 Å². The Balaban J connectivity index is 1.53. The molecule has 4 rings (SSSR count). The standard InChI is InChI=1S/C20H21ClN2O3/c21-18-9-8-13(10-22-18)11-23-12-14-4-3-7-17(19(14)20(23)25)26-16-6-2-1-5-15(16)24/h3-4,7-10,15-16,24H,1-2,5-6,11-12H2/t15-,16?/m0/s1. The van der Waals surface area contributed by atoms with Crippen LogP contribution in [0.3, 0.4) is 0 Å². The summed E-state index contributed by atoms with van der Waals surface area (Å²) >= 11 is 5.83. The second-order valence-electron chi connectivity index (χ2n) is 6.95. The average Bonchev–Trinajstić information content (AvgIpc) is 2.96. The van der Waals surface area contributed by atoms with E-state index < -0.39 is 6.10 Å². The van der Waals surface area contributed by atoms with E-state index in [1.807, 2.05) is 24.3 Å². The Morgan fingerprint density at radius 3 is 2.85 bits per heavy atom. The molecule has 136 valence electrons. The number of fused-ring (bicyclic) bond motifs is 1. The van der Waals surface area contributed by atoms with Crippen LogP contribution in [0.5, 0.6) is 5.75 Å². The highest BCUT2D eigenvalue weighted by Gasteiger charge is 2.33. The van der Waals surface area contributed by atoms with Gasteiger partial charge in [0.1, 0.15) is 17.0 Å². The van der Waals surface area contributed by atoms with Crippen molar-refractivity contribution >= 4 is 17.5 Å². The maximum absolute atomic E-state index is 12.9. The normalized spacial score (nSPS) is 22.4. The predicted octanol–water partition coefficient (Wildman–Crippen LogP) is 3.57. The number of carbonyl (C=O) groups excluding carboxylic acids is 1. The maximum Gasteiger partial charge on any atom is 0.258 e. The third-order valence-electron chi connectivity index (χ3n) is 5.08. The molecular formula is C20H21ClN2O3. The Labute approximate surface area is 157 Å². The fourth-order valence-electron chi connectivity index (χ4n) is 3.71. The SMILES string of the molecule is O=C1c2c(cccc2OC2CCCC[C@@H]2O)CN1Cc1ccc(Cl)nc1. The molecule has 1 aromatic carbocycles. The predicted molar refractivity (Wildman–Crippen MR) is 98.2 cm³/mol. The zero-order valence-corrected chi connectivity index (χ0v) is 15.2. The third-order valence-corrected chi connectivity index (χ3v) is 5.31. The quantitative estimate of drug-likeness (QED) is 0.833. The van der Waals surface area contributed by atoms with Gasteiger partial charge in [0, 0.05) is 19.3 Å². The highest BCUT2D eigenvalue weighted by Crippen LogP contribution is 2.34. The smallest absolute Gasteiger partial charge is 0.258 e. The molecule has 26 heavy (non-hydrogen) atoms. The van der Waals surface area contributed by atoms with E-state index in [1.54, 1.807) is 17.2 Å². The molecule has 1 N–H and O–H groups in total. The number of halogens is 1. The number of benzene rings is 1. The number of aliphatic hydroxyl groups excluding tert-OH is 1. The number of carbonyl (C=O) groups is 1. The van der Waals surface area contributed by atoms with Crippen LogP contribution in [0.15, 0.2) is 36.5 Å². The summed E-state index contributed by atoms with van der Waals surface area (Å²) in [5.41, 5.74) is 2.51. The van der Waals surface area contributed by atoms with Crippen LogP contribution in [0.25, 0.3) is 0 Å². The molecular weight excluding hydrogens is 352 g/mol. The van der Waals surface area contributed by atoms with Gasteiger partial charge < -0.3 is 14.7 Å². The van der Waals surface area contributed by atoms with Crippen molar-refractivity contribution in [3.05, 3.63) is 58.4 Å². The molecule has 0 bridgehead atoms. The molecule has 1 saturated carbocycles. The summed E-state index contributed by atoms with van der Waals surface area (Å²) in [6.07, 6.45) is 4.62. The van der Waals surface area contributed by atoms with Crippen LogP contribution in [-0.2, 0) is 13.1 Å². The minimum atomic E-state index is -0.465. The van der Waals surface area contributed by atoms with E-state index in [4.69, 9.17) is 16.3 Å². The van der Waals surface area contributed by atoms with Gasteiger partial charge >= 0.3 is 0 Å². The van der Waals surface area contributed by atoms with Crippen LogP contribution in [0, 0.1) is 0 Å². The largest absolute Gasteiger partial charge is 0.487 e. The summed E-state index contributed by atoms with van der Waals surface area (Å²) in [6.45, 7) is 1.02. The molecule has 2 atom stereocenters. The zero-order valence-electron chi connectivity index (χ0n) is 14.4. The molecule has 2 aliphatic rings. The highest BCUT2D eigenvalue weighted by atomic mass is 35.5. The lowest BCUT2D eigenvalue weighted by Gasteiger charge is -2.28. The van der Waals surface area contributed by atoms with Gasteiger partial charge in [-0.25, -0.2) is 4.98 Å². The lowest BCUT2D eigenvalue weighted by atomic mass is 9.94. The van der Waals surface area contributed by atoms with Crippen molar-refractivity contribution in [2.24, 2.45) is 0 Å². The fraction of sp³-hybridized carbons (Fsp3) is 0.400. The second-order valence-corrected chi connectivity index (χ2v) is 7.34. The first-order chi connectivity index (χ1) is 12.6. The van der Waals surface area contributed by atoms with Gasteiger partial charge in [-0.2, -0.15) is 0 Å². The van der Waals surface area contributed by atoms with Crippen LogP contribution >= 0.6 is 11.6 Å². The topological polar surface area (TPSA) is 62.7 Å². The summed E-state index contributed by atoms with van der Waals surface area (Å²) in [7, 11) is 0. The first-order valence-electron chi connectivity index (χ1n) is 8.98. The molecule has 1 aliphatic carbocycles. The van der Waals surface area contributed by atoms with Gasteiger partial charge in [0.2, 0.25) is 0 Å². The van der Waals surface area contributed by atoms with Crippen LogP contribution in [0.1, 0.15) is 47.2 Å². The Hall–Kier alpha value is -2.11. The monoisotopic (exact) mass is 372 g/mol.